The van der Waals surface area contributed by atoms with Crippen LogP contribution in [0, 0.1) is 10.1 Å². The van der Waals surface area contributed by atoms with E-state index in [1.165, 1.54) is 18.2 Å². The van der Waals surface area contributed by atoms with Crippen molar-refractivity contribution in [2.45, 2.75) is 19.4 Å². The summed E-state index contributed by atoms with van der Waals surface area (Å²) in [5, 5.41) is 13.7. The Bertz CT molecular complexity index is 502. The summed E-state index contributed by atoms with van der Waals surface area (Å²) in [6, 6.07) is 3.90. The molecule has 0 aliphatic carbocycles. The first-order valence-corrected chi connectivity index (χ1v) is 6.30. The summed E-state index contributed by atoms with van der Waals surface area (Å²) in [5.41, 5.74) is 5.66. The van der Waals surface area contributed by atoms with Gasteiger partial charge in [-0.15, -0.1) is 0 Å². The van der Waals surface area contributed by atoms with Gasteiger partial charge in [-0.25, -0.2) is 0 Å². The molecule has 0 aliphatic heterocycles. The first kappa shape index (κ1) is 15.9. The van der Waals surface area contributed by atoms with Crippen molar-refractivity contribution < 1.29 is 9.72 Å². The number of nitro benzene ring substituents is 1. The van der Waals surface area contributed by atoms with Crippen molar-refractivity contribution in [3.05, 3.63) is 33.9 Å². The molecule has 7 nitrogen and oxygen atoms in total. The predicted molar refractivity (Wildman–Crippen MR) is 77.6 cm³/mol. The fourth-order valence-electron chi connectivity index (χ4n) is 1.72. The Morgan fingerprint density at radius 1 is 1.50 bits per heavy atom. The molecule has 0 aromatic heterocycles. The van der Waals surface area contributed by atoms with Crippen molar-refractivity contribution in [2.24, 2.45) is 0 Å². The lowest BCUT2D eigenvalue weighted by Gasteiger charge is -2.16. The molecule has 20 heavy (non-hydrogen) atoms. The lowest BCUT2D eigenvalue weighted by atomic mass is 10.1. The second-order valence-corrected chi connectivity index (χ2v) is 5.00. The molecular weight excluding hydrogens is 260 g/mol. The van der Waals surface area contributed by atoms with Gasteiger partial charge in [-0.2, -0.15) is 0 Å². The molecule has 7 heteroatoms. The first-order valence-electron chi connectivity index (χ1n) is 6.30. The number of rotatable bonds is 6. The number of anilines is 1. The van der Waals surface area contributed by atoms with Crippen molar-refractivity contribution in [1.29, 1.82) is 0 Å². The lowest BCUT2D eigenvalue weighted by Crippen LogP contribution is -2.35. The van der Waals surface area contributed by atoms with Crippen LogP contribution < -0.4 is 11.1 Å². The monoisotopic (exact) mass is 280 g/mol. The van der Waals surface area contributed by atoms with Crippen LogP contribution in [0.15, 0.2) is 18.2 Å². The quantitative estimate of drug-likeness (QED) is 0.464. The summed E-state index contributed by atoms with van der Waals surface area (Å²) in [7, 11) is 3.88. The molecule has 0 aliphatic rings. The van der Waals surface area contributed by atoms with Gasteiger partial charge in [0.1, 0.15) is 5.56 Å². The minimum atomic E-state index is -0.584. The van der Waals surface area contributed by atoms with Crippen LogP contribution in [0.25, 0.3) is 0 Å². The number of nitrogens with one attached hydrogen (secondary N) is 1. The van der Waals surface area contributed by atoms with Crippen LogP contribution >= 0.6 is 0 Å². The van der Waals surface area contributed by atoms with Gasteiger partial charge in [-0.1, -0.05) is 0 Å². The third kappa shape index (κ3) is 4.51. The Balaban J connectivity index is 2.81. The summed E-state index contributed by atoms with van der Waals surface area (Å²) in [4.78, 5) is 24.4. The van der Waals surface area contributed by atoms with Gasteiger partial charge in [0.15, 0.2) is 0 Å². The van der Waals surface area contributed by atoms with Gasteiger partial charge in [0.2, 0.25) is 0 Å². The number of nitrogens with zero attached hydrogens (tertiary/aromatic N) is 2. The molecule has 1 aromatic carbocycles. The fourth-order valence-corrected chi connectivity index (χ4v) is 1.72. The van der Waals surface area contributed by atoms with E-state index in [2.05, 4.69) is 5.32 Å². The smallest absolute Gasteiger partial charge is 0.282 e. The van der Waals surface area contributed by atoms with E-state index >= 15 is 0 Å². The van der Waals surface area contributed by atoms with Crippen molar-refractivity contribution in [3.63, 3.8) is 0 Å². The minimum Gasteiger partial charge on any atom is -0.399 e. The Labute approximate surface area is 117 Å². The standard InChI is InChI=1S/C13H20N4O3/c1-9(6-7-16(2)3)15-13(18)11-8-10(14)4-5-12(11)17(19)20/h4-5,8-9H,6-7,14H2,1-3H3,(H,15,18). The molecule has 0 heterocycles. The highest BCUT2D eigenvalue weighted by Crippen LogP contribution is 2.21. The number of nitrogen functional groups attached to an aromatic ring is 1. The van der Waals surface area contributed by atoms with Gasteiger partial charge in [0.05, 0.1) is 4.92 Å². The van der Waals surface area contributed by atoms with Gasteiger partial charge < -0.3 is 16.0 Å². The molecule has 3 N–H and O–H groups in total. The van der Waals surface area contributed by atoms with E-state index < -0.39 is 10.8 Å². The van der Waals surface area contributed by atoms with Gasteiger partial charge in [0.25, 0.3) is 11.6 Å². The van der Waals surface area contributed by atoms with Gasteiger partial charge in [-0.05, 0) is 46.1 Å². The normalized spacial score (nSPS) is 12.2. The summed E-state index contributed by atoms with van der Waals surface area (Å²) >= 11 is 0. The SMILES string of the molecule is CC(CCN(C)C)NC(=O)c1cc(N)ccc1[N+](=O)[O-]. The molecule has 0 spiro atoms. The van der Waals surface area contributed by atoms with Crippen LogP contribution in [0.4, 0.5) is 11.4 Å². The number of nitro groups is 1. The molecule has 0 bridgehead atoms. The molecule has 0 saturated carbocycles. The number of benzene rings is 1. The highest BCUT2D eigenvalue weighted by atomic mass is 16.6. The predicted octanol–water partition coefficient (Wildman–Crippen LogP) is 1.25. The Morgan fingerprint density at radius 2 is 2.15 bits per heavy atom. The minimum absolute atomic E-state index is 0.00768. The van der Waals surface area contributed by atoms with Crippen molar-refractivity contribution in [3.8, 4) is 0 Å². The molecule has 0 fully saturated rings. The van der Waals surface area contributed by atoms with Crippen LogP contribution in [0.2, 0.25) is 0 Å². The van der Waals surface area contributed by atoms with Crippen molar-refractivity contribution in [2.75, 3.05) is 26.4 Å². The largest absolute Gasteiger partial charge is 0.399 e. The second kappa shape index (κ2) is 6.85. The molecule has 1 rings (SSSR count). The molecule has 110 valence electrons. The summed E-state index contributed by atoms with van der Waals surface area (Å²) in [5.74, 6) is -0.477. The van der Waals surface area contributed by atoms with E-state index in [-0.39, 0.29) is 17.3 Å². The number of nitrogens with two attached hydrogens (primary N) is 1. The zero-order valence-corrected chi connectivity index (χ0v) is 11.9. The highest BCUT2D eigenvalue weighted by molar-refractivity contribution is 5.99. The van der Waals surface area contributed by atoms with Crippen LogP contribution in [-0.2, 0) is 0 Å². The van der Waals surface area contributed by atoms with Gasteiger partial charge in [-0.3, -0.25) is 14.9 Å². The Kier molecular flexibility index (Phi) is 5.45. The lowest BCUT2D eigenvalue weighted by molar-refractivity contribution is -0.385. The third-order valence-electron chi connectivity index (χ3n) is 2.85. The van der Waals surface area contributed by atoms with Crippen molar-refractivity contribution >= 4 is 17.3 Å². The van der Waals surface area contributed by atoms with Crippen LogP contribution in [0.3, 0.4) is 0 Å². The average Bonchev–Trinajstić information content (AvgIpc) is 2.35. The number of amides is 1. The molecule has 0 radical (unpaired) electrons. The zero-order chi connectivity index (χ0) is 15.3. The van der Waals surface area contributed by atoms with E-state index in [0.717, 1.165) is 13.0 Å². The van der Waals surface area contributed by atoms with E-state index in [0.29, 0.717) is 5.69 Å². The van der Waals surface area contributed by atoms with E-state index in [1.54, 1.807) is 0 Å². The number of hydrogen-bond donors (Lipinski definition) is 2. The molecule has 0 saturated heterocycles. The van der Waals surface area contributed by atoms with Crippen LogP contribution in [-0.4, -0.2) is 42.4 Å². The van der Waals surface area contributed by atoms with E-state index in [4.69, 9.17) is 5.73 Å². The third-order valence-corrected chi connectivity index (χ3v) is 2.85. The van der Waals surface area contributed by atoms with Gasteiger partial charge in [0, 0.05) is 17.8 Å². The maximum absolute atomic E-state index is 12.1. The molecule has 1 amide bonds. The van der Waals surface area contributed by atoms with Crippen LogP contribution in [0.1, 0.15) is 23.7 Å². The Hall–Kier alpha value is -2.15. The maximum atomic E-state index is 12.1. The Morgan fingerprint density at radius 3 is 2.70 bits per heavy atom. The molecule has 1 aromatic rings. The van der Waals surface area contributed by atoms with Gasteiger partial charge >= 0.3 is 0 Å². The molecule has 1 atom stereocenters. The number of hydrogen-bond acceptors (Lipinski definition) is 5. The van der Waals surface area contributed by atoms with Crippen molar-refractivity contribution in [1.82, 2.24) is 10.2 Å². The molecule has 1 unspecified atom stereocenters. The number of carbonyl (C=O) groups excluding carboxylic acids is 1. The van der Waals surface area contributed by atoms with E-state index in [1.807, 2.05) is 25.9 Å². The summed E-state index contributed by atoms with van der Waals surface area (Å²) in [6.45, 7) is 2.68. The first-order chi connectivity index (χ1) is 9.31. The topological polar surface area (TPSA) is 102 Å². The summed E-state index contributed by atoms with van der Waals surface area (Å²) < 4.78 is 0. The summed E-state index contributed by atoms with van der Waals surface area (Å²) in [6.07, 6.45) is 0.759. The second-order valence-electron chi connectivity index (χ2n) is 5.00. The molecular formula is C13H20N4O3. The highest BCUT2D eigenvalue weighted by Gasteiger charge is 2.21. The van der Waals surface area contributed by atoms with E-state index in [9.17, 15) is 14.9 Å². The fraction of sp³-hybridized carbons (Fsp3) is 0.462. The maximum Gasteiger partial charge on any atom is 0.282 e. The number of carbonyl (C=O) groups is 1. The zero-order valence-electron chi connectivity index (χ0n) is 11.9. The average molecular weight is 280 g/mol. The van der Waals surface area contributed by atoms with Crippen LogP contribution in [0.5, 0.6) is 0 Å².